The van der Waals surface area contributed by atoms with Crippen LogP contribution in [-0.2, 0) is 0 Å². The number of anilines is 1. The molecule has 0 radical (unpaired) electrons. The largest absolute Gasteiger partial charge is 0.508 e. The number of hydrogen-bond donors (Lipinski definition) is 2. The number of nitrogens with zero attached hydrogens (tertiary/aromatic N) is 3. The van der Waals surface area contributed by atoms with Crippen molar-refractivity contribution in [1.82, 2.24) is 14.9 Å². The number of thiocarbonyl (C=S) groups is 1. The predicted molar refractivity (Wildman–Crippen MR) is 141 cm³/mol. The Morgan fingerprint density at radius 1 is 0.912 bits per heavy atom. The zero-order chi connectivity index (χ0) is 24.0. The summed E-state index contributed by atoms with van der Waals surface area (Å²) in [6, 6.07) is 21.7. The maximum Gasteiger partial charge on any atom is 0.174 e. The number of benzene rings is 2. The van der Waals surface area contributed by atoms with Gasteiger partial charge in [-0.05, 0) is 99.1 Å². The van der Waals surface area contributed by atoms with Crippen molar-refractivity contribution in [2.45, 2.75) is 39.8 Å². The fourth-order valence-electron chi connectivity index (χ4n) is 5.15. The standard InChI is InChI=1S/C28H28N4OS/c1-17-8-7-9-18(2)26(17)31-19(3)16-23(20(31)4)27-25(24-10-5-6-15-29-24)30-28(34)32(27)21-11-13-22(33)14-12-21/h5-16,25,27,33H,1-4H3,(H,30,34)/t25-,27-/m0/s1. The number of aromatic hydroxyl groups is 1. The van der Waals surface area contributed by atoms with Gasteiger partial charge in [0.25, 0.3) is 0 Å². The summed E-state index contributed by atoms with van der Waals surface area (Å²) in [5.41, 5.74) is 9.11. The molecule has 2 N–H and O–H groups in total. The molecule has 1 fully saturated rings. The number of rotatable bonds is 4. The summed E-state index contributed by atoms with van der Waals surface area (Å²) in [4.78, 5) is 6.81. The Kier molecular flexibility index (Phi) is 5.62. The molecule has 5 rings (SSSR count). The number of phenols is 1. The van der Waals surface area contributed by atoms with E-state index in [1.807, 2.05) is 36.5 Å². The van der Waals surface area contributed by atoms with E-state index in [1.54, 1.807) is 12.1 Å². The zero-order valence-electron chi connectivity index (χ0n) is 19.8. The van der Waals surface area contributed by atoms with Crippen LogP contribution in [0.5, 0.6) is 5.75 Å². The fraction of sp³-hybridized carbons (Fsp3) is 0.214. The van der Waals surface area contributed by atoms with Crippen LogP contribution in [0, 0.1) is 27.7 Å². The van der Waals surface area contributed by atoms with E-state index in [0.717, 1.165) is 11.4 Å². The van der Waals surface area contributed by atoms with E-state index < -0.39 is 0 Å². The molecule has 5 nitrogen and oxygen atoms in total. The normalized spacial score (nSPS) is 17.8. The van der Waals surface area contributed by atoms with Crippen LogP contribution in [0.25, 0.3) is 5.69 Å². The van der Waals surface area contributed by atoms with E-state index in [1.165, 1.54) is 33.8 Å². The second-order valence-electron chi connectivity index (χ2n) is 8.92. The van der Waals surface area contributed by atoms with Crippen LogP contribution in [0.1, 0.15) is 45.9 Å². The Hall–Kier alpha value is -3.64. The molecule has 0 aliphatic carbocycles. The summed E-state index contributed by atoms with van der Waals surface area (Å²) >= 11 is 5.85. The van der Waals surface area contributed by atoms with Crippen LogP contribution in [0.2, 0.25) is 0 Å². The highest BCUT2D eigenvalue weighted by atomic mass is 32.1. The minimum absolute atomic E-state index is 0.101. The van der Waals surface area contributed by atoms with Gasteiger partial charge in [-0.25, -0.2) is 0 Å². The van der Waals surface area contributed by atoms with Crippen LogP contribution in [0.15, 0.2) is 72.9 Å². The van der Waals surface area contributed by atoms with Crippen molar-refractivity contribution in [3.8, 4) is 11.4 Å². The molecule has 2 atom stereocenters. The van der Waals surface area contributed by atoms with Gasteiger partial charge < -0.3 is 19.9 Å². The summed E-state index contributed by atoms with van der Waals surface area (Å²) in [7, 11) is 0. The SMILES string of the molecule is Cc1cccc(C)c1-n1c(C)cc([C@H]2[C@H](c3ccccn3)NC(=S)N2c2ccc(O)cc2)c1C. The lowest BCUT2D eigenvalue weighted by Gasteiger charge is -2.28. The molecule has 1 saturated heterocycles. The van der Waals surface area contributed by atoms with Crippen LogP contribution in [-0.4, -0.2) is 19.8 Å². The molecule has 2 aromatic carbocycles. The minimum Gasteiger partial charge on any atom is -0.508 e. The van der Waals surface area contributed by atoms with Gasteiger partial charge in [-0.15, -0.1) is 0 Å². The lowest BCUT2D eigenvalue weighted by molar-refractivity contribution is 0.475. The van der Waals surface area contributed by atoms with Crippen LogP contribution in [0.3, 0.4) is 0 Å². The first-order valence-corrected chi connectivity index (χ1v) is 11.8. The topological polar surface area (TPSA) is 53.3 Å². The third-order valence-corrected chi connectivity index (χ3v) is 6.99. The van der Waals surface area contributed by atoms with Gasteiger partial charge in [-0.1, -0.05) is 24.3 Å². The first-order valence-electron chi connectivity index (χ1n) is 11.4. The fourth-order valence-corrected chi connectivity index (χ4v) is 5.50. The number of nitrogens with one attached hydrogen (secondary N) is 1. The Morgan fingerprint density at radius 2 is 1.62 bits per heavy atom. The van der Waals surface area contributed by atoms with Crippen LogP contribution in [0.4, 0.5) is 5.69 Å². The molecule has 6 heteroatoms. The van der Waals surface area contributed by atoms with Gasteiger partial charge in [0.15, 0.2) is 5.11 Å². The smallest absolute Gasteiger partial charge is 0.174 e. The summed E-state index contributed by atoms with van der Waals surface area (Å²) in [6.07, 6.45) is 1.82. The summed E-state index contributed by atoms with van der Waals surface area (Å²) in [5.74, 6) is 0.229. The molecule has 34 heavy (non-hydrogen) atoms. The summed E-state index contributed by atoms with van der Waals surface area (Å²) in [6.45, 7) is 8.66. The first-order chi connectivity index (χ1) is 16.4. The van der Waals surface area contributed by atoms with Gasteiger partial charge in [0, 0.05) is 23.3 Å². The average molecular weight is 469 g/mol. The monoisotopic (exact) mass is 468 g/mol. The van der Waals surface area contributed by atoms with Gasteiger partial charge in [-0.2, -0.15) is 0 Å². The molecule has 2 aromatic heterocycles. The number of hydrogen-bond acceptors (Lipinski definition) is 3. The van der Waals surface area contributed by atoms with E-state index in [0.29, 0.717) is 5.11 Å². The quantitative estimate of drug-likeness (QED) is 0.361. The number of aryl methyl sites for hydroxylation is 3. The zero-order valence-corrected chi connectivity index (χ0v) is 20.6. The Morgan fingerprint density at radius 3 is 2.26 bits per heavy atom. The van der Waals surface area contributed by atoms with Crippen LogP contribution >= 0.6 is 12.2 Å². The van der Waals surface area contributed by atoms with Crippen molar-refractivity contribution in [2.75, 3.05) is 4.90 Å². The van der Waals surface area contributed by atoms with Crippen molar-refractivity contribution in [2.24, 2.45) is 0 Å². The number of phenolic OH excluding ortho intramolecular Hbond substituents is 1. The van der Waals surface area contributed by atoms with Gasteiger partial charge >= 0.3 is 0 Å². The van der Waals surface area contributed by atoms with E-state index in [-0.39, 0.29) is 17.8 Å². The van der Waals surface area contributed by atoms with Crippen molar-refractivity contribution in [1.29, 1.82) is 0 Å². The maximum absolute atomic E-state index is 9.86. The number of para-hydroxylation sites is 1. The van der Waals surface area contributed by atoms with Crippen molar-refractivity contribution in [3.05, 3.63) is 107 Å². The lowest BCUT2D eigenvalue weighted by atomic mass is 9.96. The van der Waals surface area contributed by atoms with E-state index in [4.69, 9.17) is 12.2 Å². The minimum atomic E-state index is -0.116. The van der Waals surface area contributed by atoms with E-state index >= 15 is 0 Å². The van der Waals surface area contributed by atoms with Crippen molar-refractivity contribution < 1.29 is 5.11 Å². The molecule has 0 amide bonds. The molecule has 1 aliphatic rings. The van der Waals surface area contributed by atoms with Gasteiger partial charge in [0.05, 0.1) is 23.5 Å². The molecular weight excluding hydrogens is 440 g/mol. The summed E-state index contributed by atoms with van der Waals surface area (Å²) in [5, 5.41) is 14.0. The molecule has 4 aromatic rings. The third-order valence-electron chi connectivity index (χ3n) is 6.68. The first kappa shape index (κ1) is 22.2. The Labute approximate surface area is 205 Å². The highest BCUT2D eigenvalue weighted by Crippen LogP contribution is 2.44. The van der Waals surface area contributed by atoms with Crippen molar-refractivity contribution >= 4 is 23.0 Å². The molecular formula is C28H28N4OS. The maximum atomic E-state index is 9.86. The molecule has 3 heterocycles. The molecule has 0 unspecified atom stereocenters. The average Bonchev–Trinajstić information content (AvgIpc) is 3.31. The molecule has 0 bridgehead atoms. The second-order valence-corrected chi connectivity index (χ2v) is 9.30. The second kappa shape index (κ2) is 8.61. The van der Waals surface area contributed by atoms with Crippen molar-refractivity contribution in [3.63, 3.8) is 0 Å². The summed E-state index contributed by atoms with van der Waals surface area (Å²) < 4.78 is 2.35. The van der Waals surface area contributed by atoms with Gasteiger partial charge in [-0.3, -0.25) is 4.98 Å². The third kappa shape index (κ3) is 3.64. The Balaban J connectivity index is 1.71. The lowest BCUT2D eigenvalue weighted by Crippen LogP contribution is -2.29. The predicted octanol–water partition coefficient (Wildman–Crippen LogP) is 5.99. The van der Waals surface area contributed by atoms with Crippen LogP contribution < -0.4 is 10.2 Å². The molecule has 172 valence electrons. The molecule has 0 spiro atoms. The van der Waals surface area contributed by atoms with Gasteiger partial charge in [0.2, 0.25) is 0 Å². The molecule has 0 saturated carbocycles. The van der Waals surface area contributed by atoms with E-state index in [9.17, 15) is 5.11 Å². The highest BCUT2D eigenvalue weighted by molar-refractivity contribution is 7.80. The highest BCUT2D eigenvalue weighted by Gasteiger charge is 2.42. The number of aromatic nitrogens is 2. The number of pyridine rings is 1. The van der Waals surface area contributed by atoms with E-state index in [2.05, 4.69) is 71.7 Å². The van der Waals surface area contributed by atoms with Gasteiger partial charge in [0.1, 0.15) is 5.75 Å². The Bertz CT molecular complexity index is 1340. The molecule has 1 aliphatic heterocycles.